The highest BCUT2D eigenvalue weighted by Gasteiger charge is 2.29. The van der Waals surface area contributed by atoms with Gasteiger partial charge in [-0.05, 0) is 97.5 Å². The molecule has 1 aliphatic carbocycles. The second kappa shape index (κ2) is 12.8. The SMILES string of the molecule is CN(C[C@H](O)CNC(C)(C)CC1Cc2ccccc2C1)S(=O)(=O)c1cccc(-c2cc(F)ccc2CCC(=O)O)c1. The molecule has 220 valence electrons. The molecule has 3 N–H and O–H groups in total. The summed E-state index contributed by atoms with van der Waals surface area (Å²) in [6.45, 7) is 4.34. The van der Waals surface area contributed by atoms with E-state index in [1.807, 2.05) is 0 Å². The first-order chi connectivity index (χ1) is 19.3. The number of carbonyl (C=O) groups is 1. The van der Waals surface area contributed by atoms with Gasteiger partial charge < -0.3 is 15.5 Å². The maximum atomic E-state index is 14.1. The molecule has 0 bridgehead atoms. The van der Waals surface area contributed by atoms with Gasteiger partial charge in [-0.1, -0.05) is 42.5 Å². The smallest absolute Gasteiger partial charge is 0.303 e. The number of aliphatic hydroxyl groups excluding tert-OH is 1. The van der Waals surface area contributed by atoms with E-state index in [0.29, 0.717) is 22.6 Å². The molecule has 0 saturated carbocycles. The molecule has 41 heavy (non-hydrogen) atoms. The molecule has 3 aromatic carbocycles. The Morgan fingerprint density at radius 2 is 1.76 bits per heavy atom. The number of β-amino-alcohol motifs (C(OH)–C–C–N with tert-alkyl or cyclic N) is 1. The highest BCUT2D eigenvalue weighted by Crippen LogP contribution is 2.32. The van der Waals surface area contributed by atoms with Gasteiger partial charge in [0.15, 0.2) is 0 Å². The van der Waals surface area contributed by atoms with Crippen molar-refractivity contribution in [2.75, 3.05) is 20.1 Å². The highest BCUT2D eigenvalue weighted by atomic mass is 32.2. The van der Waals surface area contributed by atoms with Crippen LogP contribution in [0, 0.1) is 11.7 Å². The zero-order chi connectivity index (χ0) is 29.8. The van der Waals surface area contributed by atoms with Crippen molar-refractivity contribution in [3.63, 3.8) is 0 Å². The summed E-state index contributed by atoms with van der Waals surface area (Å²) in [4.78, 5) is 11.1. The van der Waals surface area contributed by atoms with Crippen molar-refractivity contribution in [1.29, 1.82) is 0 Å². The number of aliphatic carboxylic acids is 1. The Bertz CT molecular complexity index is 1470. The van der Waals surface area contributed by atoms with Crippen LogP contribution in [0.2, 0.25) is 0 Å². The first-order valence-electron chi connectivity index (χ1n) is 13.9. The molecule has 0 unspecified atom stereocenters. The number of carboxylic acids is 1. The number of nitrogens with one attached hydrogen (secondary N) is 1. The van der Waals surface area contributed by atoms with Crippen LogP contribution in [-0.4, -0.2) is 60.7 Å². The molecule has 4 rings (SSSR count). The normalized spacial score (nSPS) is 14.8. The van der Waals surface area contributed by atoms with Crippen LogP contribution in [0.25, 0.3) is 11.1 Å². The molecule has 0 aliphatic heterocycles. The van der Waals surface area contributed by atoms with Crippen molar-refractivity contribution in [3.8, 4) is 11.1 Å². The van der Waals surface area contributed by atoms with Gasteiger partial charge in [0.1, 0.15) is 5.82 Å². The molecule has 0 aromatic heterocycles. The van der Waals surface area contributed by atoms with Gasteiger partial charge in [0, 0.05) is 32.1 Å². The van der Waals surface area contributed by atoms with E-state index in [1.165, 1.54) is 48.5 Å². The monoisotopic (exact) mass is 582 g/mol. The number of likely N-dealkylation sites (N-methyl/N-ethyl adjacent to an activating group) is 1. The van der Waals surface area contributed by atoms with E-state index in [9.17, 15) is 22.7 Å². The third-order valence-electron chi connectivity index (χ3n) is 7.75. The first-order valence-corrected chi connectivity index (χ1v) is 15.3. The third kappa shape index (κ3) is 8.01. The van der Waals surface area contributed by atoms with Crippen LogP contribution in [0.5, 0.6) is 0 Å². The van der Waals surface area contributed by atoms with Gasteiger partial charge in [-0.2, -0.15) is 4.31 Å². The summed E-state index contributed by atoms with van der Waals surface area (Å²) >= 11 is 0. The van der Waals surface area contributed by atoms with Crippen molar-refractivity contribution in [1.82, 2.24) is 9.62 Å². The molecule has 0 fully saturated rings. The zero-order valence-electron chi connectivity index (χ0n) is 23.8. The molecule has 3 aromatic rings. The molecule has 0 amide bonds. The van der Waals surface area contributed by atoms with Crippen LogP contribution in [0.4, 0.5) is 4.39 Å². The average molecular weight is 583 g/mol. The van der Waals surface area contributed by atoms with Gasteiger partial charge in [0.25, 0.3) is 0 Å². The number of sulfonamides is 1. The van der Waals surface area contributed by atoms with E-state index in [0.717, 1.165) is 23.6 Å². The van der Waals surface area contributed by atoms with Crippen LogP contribution in [0.3, 0.4) is 0 Å². The van der Waals surface area contributed by atoms with Crippen molar-refractivity contribution in [2.45, 2.75) is 62.5 Å². The molecule has 0 radical (unpaired) electrons. The van der Waals surface area contributed by atoms with Gasteiger partial charge in [0.2, 0.25) is 10.0 Å². The largest absolute Gasteiger partial charge is 0.481 e. The first kappa shape index (κ1) is 30.8. The standard InChI is InChI=1S/C32H39FN2O5S/c1-32(2,19-22-15-24-7-4-5-8-25(24)16-22)34-20-28(36)21-35(3)41(39,40)29-10-6-9-26(17-29)30-18-27(33)13-11-23(30)12-14-31(37)38/h4-11,13,17-18,22,28,34,36H,12,14-16,19-21H2,1-3H3,(H,37,38)/t28-/m1/s1. The third-order valence-corrected chi connectivity index (χ3v) is 9.57. The molecular weight excluding hydrogens is 543 g/mol. The number of nitrogens with zero attached hydrogens (tertiary/aromatic N) is 1. The minimum atomic E-state index is -3.96. The van der Waals surface area contributed by atoms with E-state index in [4.69, 9.17) is 5.11 Å². The Balaban J connectivity index is 1.38. The van der Waals surface area contributed by atoms with Gasteiger partial charge in [-0.3, -0.25) is 4.79 Å². The van der Waals surface area contributed by atoms with E-state index in [2.05, 4.69) is 43.4 Å². The Hall–Kier alpha value is -3.11. The molecule has 0 spiro atoms. The van der Waals surface area contributed by atoms with Crippen molar-refractivity contribution < 1.29 is 27.8 Å². The lowest BCUT2D eigenvalue weighted by atomic mass is 9.88. The van der Waals surface area contributed by atoms with E-state index < -0.39 is 27.9 Å². The lowest BCUT2D eigenvalue weighted by Gasteiger charge is -2.31. The van der Waals surface area contributed by atoms with Crippen LogP contribution in [0.15, 0.2) is 71.6 Å². The van der Waals surface area contributed by atoms with Crippen LogP contribution in [0.1, 0.15) is 43.4 Å². The number of fused-ring (bicyclic) bond motifs is 1. The Kier molecular flexibility index (Phi) is 9.64. The number of aliphatic hydroxyl groups is 1. The number of benzene rings is 3. The summed E-state index contributed by atoms with van der Waals surface area (Å²) < 4.78 is 42.0. The summed E-state index contributed by atoms with van der Waals surface area (Å²) in [6.07, 6.45) is 2.15. The molecular formula is C32H39FN2O5S. The maximum absolute atomic E-state index is 14.1. The predicted octanol–water partition coefficient (Wildman–Crippen LogP) is 4.66. The molecule has 0 heterocycles. The van der Waals surface area contributed by atoms with Gasteiger partial charge in [-0.25, -0.2) is 12.8 Å². The Morgan fingerprint density at radius 1 is 1.07 bits per heavy atom. The number of halogens is 1. The number of aryl methyl sites for hydroxylation is 1. The topological polar surface area (TPSA) is 107 Å². The summed E-state index contributed by atoms with van der Waals surface area (Å²) in [6, 6.07) is 18.7. The predicted molar refractivity (Wildman–Crippen MR) is 158 cm³/mol. The number of carboxylic acid groups (broad SMARTS) is 1. The van der Waals surface area contributed by atoms with E-state index in [-0.39, 0.29) is 36.4 Å². The fourth-order valence-corrected chi connectivity index (χ4v) is 6.98. The second-order valence-electron chi connectivity index (χ2n) is 11.7. The average Bonchev–Trinajstić information content (AvgIpc) is 3.32. The Labute approximate surface area is 242 Å². The minimum Gasteiger partial charge on any atom is -0.481 e. The lowest BCUT2D eigenvalue weighted by molar-refractivity contribution is -0.136. The second-order valence-corrected chi connectivity index (χ2v) is 13.7. The van der Waals surface area contributed by atoms with Gasteiger partial charge in [0.05, 0.1) is 11.0 Å². The lowest BCUT2D eigenvalue weighted by Crippen LogP contribution is -2.47. The van der Waals surface area contributed by atoms with Crippen molar-refractivity contribution in [2.24, 2.45) is 5.92 Å². The van der Waals surface area contributed by atoms with Crippen molar-refractivity contribution >= 4 is 16.0 Å². The number of rotatable bonds is 13. The van der Waals surface area contributed by atoms with E-state index in [1.54, 1.807) is 12.1 Å². The Morgan fingerprint density at radius 3 is 2.41 bits per heavy atom. The summed E-state index contributed by atoms with van der Waals surface area (Å²) in [5.74, 6) is -0.954. The molecule has 7 nitrogen and oxygen atoms in total. The van der Waals surface area contributed by atoms with Gasteiger partial charge >= 0.3 is 5.97 Å². The molecule has 1 atom stereocenters. The summed E-state index contributed by atoms with van der Waals surface area (Å²) in [7, 11) is -2.54. The fraction of sp³-hybridized carbons (Fsp3) is 0.406. The van der Waals surface area contributed by atoms with Crippen LogP contribution in [-0.2, 0) is 34.1 Å². The van der Waals surface area contributed by atoms with Gasteiger partial charge in [-0.15, -0.1) is 0 Å². The van der Waals surface area contributed by atoms with Crippen LogP contribution < -0.4 is 5.32 Å². The molecule has 0 saturated heterocycles. The summed E-state index contributed by atoms with van der Waals surface area (Å²) in [5.41, 5.74) is 4.10. The maximum Gasteiger partial charge on any atom is 0.303 e. The highest BCUT2D eigenvalue weighted by molar-refractivity contribution is 7.89. The minimum absolute atomic E-state index is 0.00670. The molecule has 1 aliphatic rings. The van der Waals surface area contributed by atoms with E-state index >= 15 is 0 Å². The number of hydrogen-bond acceptors (Lipinski definition) is 5. The van der Waals surface area contributed by atoms with Crippen molar-refractivity contribution in [3.05, 3.63) is 89.2 Å². The quantitative estimate of drug-likeness (QED) is 0.271. The van der Waals surface area contributed by atoms with Crippen LogP contribution >= 0.6 is 0 Å². The zero-order valence-corrected chi connectivity index (χ0v) is 24.6. The fourth-order valence-electron chi connectivity index (χ4n) is 5.72. The molecule has 9 heteroatoms. The summed E-state index contributed by atoms with van der Waals surface area (Å²) in [5, 5.41) is 23.2. The number of hydrogen-bond donors (Lipinski definition) is 3.